The Labute approximate surface area is 131 Å². The second kappa shape index (κ2) is 6.31. The molecule has 1 atom stereocenters. The van der Waals surface area contributed by atoms with E-state index >= 15 is 0 Å². The van der Waals surface area contributed by atoms with Crippen molar-refractivity contribution in [1.82, 2.24) is 5.32 Å². The van der Waals surface area contributed by atoms with Crippen molar-refractivity contribution in [1.29, 1.82) is 0 Å². The SMILES string of the molecule is C#CCCC1(CCC(=O)N[C@@H]2CCCc3ccccc32)N=N1. The molecule has 1 N–H and O–H groups in total. The highest BCUT2D eigenvalue weighted by Gasteiger charge is 2.39. The third kappa shape index (κ3) is 3.36. The largest absolute Gasteiger partial charge is 0.349 e. The number of rotatable bonds is 6. The molecule has 1 aromatic carbocycles. The minimum Gasteiger partial charge on any atom is -0.349 e. The number of nitrogens with one attached hydrogen (secondary N) is 1. The molecule has 0 radical (unpaired) electrons. The predicted octanol–water partition coefficient (Wildman–Crippen LogP) is 3.54. The second-order valence-corrected chi connectivity index (χ2v) is 6.10. The molecule has 0 spiro atoms. The minimum absolute atomic E-state index is 0.0825. The van der Waals surface area contributed by atoms with Gasteiger partial charge < -0.3 is 5.32 Å². The fraction of sp³-hybridized carbons (Fsp3) is 0.500. The molecule has 4 nitrogen and oxygen atoms in total. The Kier molecular flexibility index (Phi) is 4.24. The molecule has 0 aromatic heterocycles. The summed E-state index contributed by atoms with van der Waals surface area (Å²) >= 11 is 0. The summed E-state index contributed by atoms with van der Waals surface area (Å²) < 4.78 is 0. The lowest BCUT2D eigenvalue weighted by Gasteiger charge is -2.26. The first-order valence-electron chi connectivity index (χ1n) is 7.97. The highest BCUT2D eigenvalue weighted by Crippen LogP contribution is 2.37. The molecule has 22 heavy (non-hydrogen) atoms. The van der Waals surface area contributed by atoms with Crippen LogP contribution < -0.4 is 5.32 Å². The number of aryl methyl sites for hydroxylation is 1. The van der Waals surface area contributed by atoms with Crippen LogP contribution in [0.2, 0.25) is 0 Å². The Hall–Kier alpha value is -2.15. The van der Waals surface area contributed by atoms with E-state index < -0.39 is 0 Å². The maximum atomic E-state index is 12.2. The van der Waals surface area contributed by atoms with Gasteiger partial charge in [-0.05, 0) is 30.4 Å². The van der Waals surface area contributed by atoms with Crippen LogP contribution in [0.1, 0.15) is 55.7 Å². The third-order valence-electron chi connectivity index (χ3n) is 4.51. The van der Waals surface area contributed by atoms with Crippen LogP contribution in [0.15, 0.2) is 34.5 Å². The van der Waals surface area contributed by atoms with Gasteiger partial charge in [0, 0.05) is 25.7 Å². The van der Waals surface area contributed by atoms with Crippen LogP contribution in [-0.2, 0) is 11.2 Å². The van der Waals surface area contributed by atoms with Gasteiger partial charge in [0.25, 0.3) is 0 Å². The van der Waals surface area contributed by atoms with Crippen molar-refractivity contribution in [3.05, 3.63) is 35.4 Å². The van der Waals surface area contributed by atoms with E-state index in [0.29, 0.717) is 19.3 Å². The van der Waals surface area contributed by atoms with Gasteiger partial charge in [0.2, 0.25) is 5.91 Å². The van der Waals surface area contributed by atoms with Crippen molar-refractivity contribution in [3.8, 4) is 12.3 Å². The molecule has 0 unspecified atom stereocenters. The lowest BCUT2D eigenvalue weighted by atomic mass is 9.87. The van der Waals surface area contributed by atoms with Crippen LogP contribution in [0.5, 0.6) is 0 Å². The molecular formula is C18H21N3O. The fourth-order valence-corrected chi connectivity index (χ4v) is 3.15. The Balaban J connectivity index is 1.52. The van der Waals surface area contributed by atoms with Crippen molar-refractivity contribution in [3.63, 3.8) is 0 Å². The predicted molar refractivity (Wildman–Crippen MR) is 85.2 cm³/mol. The number of nitrogens with zero attached hydrogens (tertiary/aromatic N) is 2. The Bertz CT molecular complexity index is 623. The molecule has 1 aliphatic carbocycles. The van der Waals surface area contributed by atoms with Gasteiger partial charge in [0.05, 0.1) is 6.04 Å². The molecule has 114 valence electrons. The summed E-state index contributed by atoms with van der Waals surface area (Å²) in [5, 5.41) is 11.3. The van der Waals surface area contributed by atoms with Gasteiger partial charge in [-0.1, -0.05) is 24.3 Å². The zero-order valence-electron chi connectivity index (χ0n) is 12.7. The van der Waals surface area contributed by atoms with E-state index in [1.807, 2.05) is 6.07 Å². The maximum Gasteiger partial charge on any atom is 0.220 e. The number of terminal acetylenes is 1. The van der Waals surface area contributed by atoms with Gasteiger partial charge in [-0.15, -0.1) is 12.3 Å². The number of carbonyl (C=O) groups excluding carboxylic acids is 1. The van der Waals surface area contributed by atoms with Gasteiger partial charge in [0.15, 0.2) is 5.66 Å². The van der Waals surface area contributed by atoms with Crippen LogP contribution in [0, 0.1) is 12.3 Å². The number of carbonyl (C=O) groups is 1. The van der Waals surface area contributed by atoms with E-state index in [1.165, 1.54) is 11.1 Å². The number of hydrogen-bond acceptors (Lipinski definition) is 3. The highest BCUT2D eigenvalue weighted by atomic mass is 16.1. The minimum atomic E-state index is -0.367. The topological polar surface area (TPSA) is 53.8 Å². The highest BCUT2D eigenvalue weighted by molar-refractivity contribution is 5.76. The van der Waals surface area contributed by atoms with Crippen molar-refractivity contribution in [2.24, 2.45) is 10.2 Å². The molecule has 4 heteroatoms. The smallest absolute Gasteiger partial charge is 0.220 e. The van der Waals surface area contributed by atoms with Gasteiger partial charge in [-0.2, -0.15) is 10.2 Å². The summed E-state index contributed by atoms with van der Waals surface area (Å²) in [7, 11) is 0. The lowest BCUT2D eigenvalue weighted by Crippen LogP contribution is -2.31. The molecule has 2 aliphatic rings. The summed E-state index contributed by atoms with van der Waals surface area (Å²) in [5.74, 6) is 2.69. The normalized spacial score (nSPS) is 20.8. The van der Waals surface area contributed by atoms with Crippen LogP contribution in [0.3, 0.4) is 0 Å². The standard InChI is InChI=1S/C18H21N3O/c1-2-3-12-18(20-21-18)13-11-17(22)19-16-10-6-8-14-7-4-5-9-15(14)16/h1,4-5,7,9,16H,3,6,8,10-13H2,(H,19,22)/t16-/m1/s1. The third-order valence-corrected chi connectivity index (χ3v) is 4.51. The fourth-order valence-electron chi connectivity index (χ4n) is 3.15. The van der Waals surface area contributed by atoms with Crippen LogP contribution in [0.25, 0.3) is 0 Å². The summed E-state index contributed by atoms with van der Waals surface area (Å²) in [6, 6.07) is 8.53. The Morgan fingerprint density at radius 2 is 2.18 bits per heavy atom. The zero-order valence-corrected chi connectivity index (χ0v) is 12.7. The van der Waals surface area contributed by atoms with E-state index in [-0.39, 0.29) is 17.6 Å². The Morgan fingerprint density at radius 1 is 1.36 bits per heavy atom. The van der Waals surface area contributed by atoms with Crippen molar-refractivity contribution < 1.29 is 4.79 Å². The second-order valence-electron chi connectivity index (χ2n) is 6.10. The molecule has 0 bridgehead atoms. The average Bonchev–Trinajstić information content (AvgIpc) is 3.32. The molecular weight excluding hydrogens is 274 g/mol. The summed E-state index contributed by atoms with van der Waals surface area (Å²) in [5.41, 5.74) is 2.26. The number of benzene rings is 1. The Morgan fingerprint density at radius 3 is 2.95 bits per heavy atom. The molecule has 0 saturated heterocycles. The molecule has 1 amide bonds. The summed E-state index contributed by atoms with van der Waals surface area (Å²) in [6.07, 6.45) is 11.0. The summed E-state index contributed by atoms with van der Waals surface area (Å²) in [4.78, 5) is 12.2. The van der Waals surface area contributed by atoms with Crippen molar-refractivity contribution in [2.45, 2.75) is 56.7 Å². The van der Waals surface area contributed by atoms with Crippen LogP contribution >= 0.6 is 0 Å². The molecule has 0 fully saturated rings. The molecule has 0 saturated carbocycles. The monoisotopic (exact) mass is 295 g/mol. The molecule has 1 aliphatic heterocycles. The first kappa shape index (κ1) is 14.8. The van der Waals surface area contributed by atoms with Crippen LogP contribution in [0.4, 0.5) is 0 Å². The molecule has 1 aromatic rings. The van der Waals surface area contributed by atoms with Gasteiger partial charge in [-0.3, -0.25) is 4.79 Å². The van der Waals surface area contributed by atoms with E-state index in [4.69, 9.17) is 6.42 Å². The zero-order chi connectivity index (χ0) is 15.4. The summed E-state index contributed by atoms with van der Waals surface area (Å²) in [6.45, 7) is 0. The van der Waals surface area contributed by atoms with Gasteiger partial charge in [-0.25, -0.2) is 0 Å². The number of fused-ring (bicyclic) bond motifs is 1. The van der Waals surface area contributed by atoms with Crippen molar-refractivity contribution >= 4 is 5.91 Å². The first-order chi connectivity index (χ1) is 10.7. The lowest BCUT2D eigenvalue weighted by molar-refractivity contribution is -0.122. The van der Waals surface area contributed by atoms with E-state index in [1.54, 1.807) is 0 Å². The molecule has 3 rings (SSSR count). The van der Waals surface area contributed by atoms with E-state index in [9.17, 15) is 4.79 Å². The maximum absolute atomic E-state index is 12.2. The average molecular weight is 295 g/mol. The first-order valence-corrected chi connectivity index (χ1v) is 7.97. The number of amides is 1. The van der Waals surface area contributed by atoms with Gasteiger partial charge >= 0.3 is 0 Å². The van der Waals surface area contributed by atoms with Crippen LogP contribution in [-0.4, -0.2) is 11.6 Å². The quantitative estimate of drug-likeness (QED) is 0.802. The number of hydrogen-bond donors (Lipinski definition) is 1. The molecule has 1 heterocycles. The van der Waals surface area contributed by atoms with E-state index in [0.717, 1.165) is 25.7 Å². The van der Waals surface area contributed by atoms with Gasteiger partial charge in [0.1, 0.15) is 0 Å². The van der Waals surface area contributed by atoms with E-state index in [2.05, 4.69) is 39.7 Å². The van der Waals surface area contributed by atoms with Crippen molar-refractivity contribution in [2.75, 3.05) is 0 Å².